The molecular formula is C27H39NO2. The number of aromatic hydroxyl groups is 1. The summed E-state index contributed by atoms with van der Waals surface area (Å²) in [5.74, 6) is 1.33. The number of phenolic OH excluding ortho intramolecular Hbond substituents is 1. The number of rotatable bonds is 4. The van der Waals surface area contributed by atoms with Crippen LogP contribution in [0.2, 0.25) is 0 Å². The maximum atomic E-state index is 11.2. The monoisotopic (exact) mass is 409 g/mol. The Morgan fingerprint density at radius 2 is 1.30 bits per heavy atom. The molecule has 1 fully saturated rings. The molecule has 1 unspecified atom stereocenters. The first-order valence-electron chi connectivity index (χ1n) is 11.3. The topological polar surface area (TPSA) is 32.7 Å². The van der Waals surface area contributed by atoms with Gasteiger partial charge in [-0.3, -0.25) is 4.90 Å². The Balaban J connectivity index is 2.21. The fourth-order valence-electron chi connectivity index (χ4n) is 4.53. The van der Waals surface area contributed by atoms with E-state index in [2.05, 4.69) is 82.8 Å². The maximum Gasteiger partial charge on any atom is 0.123 e. The van der Waals surface area contributed by atoms with Crippen LogP contribution >= 0.6 is 0 Å². The Morgan fingerprint density at radius 3 is 1.73 bits per heavy atom. The SMILES string of the molecule is COc1ccc(C(c2cc(C(C)(C)C)c(O)c(C(C)(C)C)c2)N2CCCCC2)cc1. The van der Waals surface area contributed by atoms with Gasteiger partial charge in [0.15, 0.2) is 0 Å². The number of phenols is 1. The highest BCUT2D eigenvalue weighted by Gasteiger charge is 2.31. The Morgan fingerprint density at radius 1 is 0.800 bits per heavy atom. The molecule has 0 aromatic heterocycles. The van der Waals surface area contributed by atoms with E-state index in [0.717, 1.165) is 30.0 Å². The molecule has 30 heavy (non-hydrogen) atoms. The summed E-state index contributed by atoms with van der Waals surface area (Å²) in [5, 5.41) is 11.2. The van der Waals surface area contributed by atoms with Crippen LogP contribution in [-0.4, -0.2) is 30.2 Å². The van der Waals surface area contributed by atoms with Crippen LogP contribution in [0.15, 0.2) is 36.4 Å². The zero-order valence-electron chi connectivity index (χ0n) is 19.9. The van der Waals surface area contributed by atoms with Crippen molar-refractivity contribution in [3.63, 3.8) is 0 Å². The average Bonchev–Trinajstić information content (AvgIpc) is 2.69. The van der Waals surface area contributed by atoms with Gasteiger partial charge in [-0.15, -0.1) is 0 Å². The second-order valence-electron chi connectivity index (χ2n) is 10.7. The van der Waals surface area contributed by atoms with E-state index in [1.165, 1.54) is 30.4 Å². The van der Waals surface area contributed by atoms with Gasteiger partial charge in [-0.2, -0.15) is 0 Å². The van der Waals surface area contributed by atoms with E-state index >= 15 is 0 Å². The molecule has 0 saturated carbocycles. The number of benzene rings is 2. The van der Waals surface area contributed by atoms with Gasteiger partial charge in [0, 0.05) is 0 Å². The van der Waals surface area contributed by atoms with Gasteiger partial charge in [0.05, 0.1) is 13.2 Å². The summed E-state index contributed by atoms with van der Waals surface area (Å²) in [6.07, 6.45) is 3.79. The molecule has 2 aromatic carbocycles. The molecule has 3 nitrogen and oxygen atoms in total. The fraction of sp³-hybridized carbons (Fsp3) is 0.556. The van der Waals surface area contributed by atoms with Crippen LogP contribution in [0.3, 0.4) is 0 Å². The molecule has 1 N–H and O–H groups in total. The summed E-state index contributed by atoms with van der Waals surface area (Å²) < 4.78 is 5.40. The normalized spacial score (nSPS) is 17.0. The zero-order chi connectivity index (χ0) is 22.1. The Hall–Kier alpha value is -2.00. The number of methoxy groups -OCH3 is 1. The molecule has 1 atom stereocenters. The van der Waals surface area contributed by atoms with E-state index < -0.39 is 0 Å². The lowest BCUT2D eigenvalue weighted by Crippen LogP contribution is -2.34. The van der Waals surface area contributed by atoms with Crippen molar-refractivity contribution in [3.05, 3.63) is 58.7 Å². The third kappa shape index (κ3) is 4.83. The lowest BCUT2D eigenvalue weighted by Gasteiger charge is -2.37. The molecule has 3 rings (SSSR count). The van der Waals surface area contributed by atoms with Crippen molar-refractivity contribution in [1.29, 1.82) is 0 Å². The molecule has 1 aliphatic heterocycles. The van der Waals surface area contributed by atoms with E-state index in [1.54, 1.807) is 7.11 Å². The van der Waals surface area contributed by atoms with Crippen LogP contribution in [0.5, 0.6) is 11.5 Å². The Bertz CT molecular complexity index is 815. The van der Waals surface area contributed by atoms with E-state index in [9.17, 15) is 5.11 Å². The first-order valence-corrected chi connectivity index (χ1v) is 11.3. The van der Waals surface area contributed by atoms with E-state index in [1.807, 2.05) is 0 Å². The van der Waals surface area contributed by atoms with Crippen LogP contribution in [-0.2, 0) is 10.8 Å². The van der Waals surface area contributed by atoms with Crippen LogP contribution in [0.25, 0.3) is 0 Å². The van der Waals surface area contributed by atoms with Crippen molar-refractivity contribution in [3.8, 4) is 11.5 Å². The summed E-state index contributed by atoms with van der Waals surface area (Å²) in [6, 6.07) is 13.2. The van der Waals surface area contributed by atoms with Crippen LogP contribution in [0, 0.1) is 0 Å². The number of hydrogen-bond acceptors (Lipinski definition) is 3. The minimum Gasteiger partial charge on any atom is -0.507 e. The van der Waals surface area contributed by atoms with Gasteiger partial charge in [0.1, 0.15) is 11.5 Å². The molecule has 1 heterocycles. The second-order valence-corrected chi connectivity index (χ2v) is 10.7. The van der Waals surface area contributed by atoms with Crippen molar-refractivity contribution >= 4 is 0 Å². The van der Waals surface area contributed by atoms with Gasteiger partial charge >= 0.3 is 0 Å². The molecule has 0 bridgehead atoms. The Kier molecular flexibility index (Phi) is 6.52. The summed E-state index contributed by atoms with van der Waals surface area (Å²) in [5.41, 5.74) is 4.34. The molecule has 0 aliphatic carbocycles. The lowest BCUT2D eigenvalue weighted by atomic mass is 9.77. The third-order valence-electron chi connectivity index (χ3n) is 6.25. The molecule has 164 valence electrons. The van der Waals surface area contributed by atoms with E-state index in [-0.39, 0.29) is 16.9 Å². The van der Waals surface area contributed by atoms with E-state index in [0.29, 0.717) is 5.75 Å². The maximum absolute atomic E-state index is 11.2. The molecule has 0 amide bonds. The van der Waals surface area contributed by atoms with Gasteiger partial charge < -0.3 is 9.84 Å². The summed E-state index contributed by atoms with van der Waals surface area (Å²) in [6.45, 7) is 15.3. The quantitative estimate of drug-likeness (QED) is 0.620. The lowest BCUT2D eigenvalue weighted by molar-refractivity contribution is 0.187. The fourth-order valence-corrected chi connectivity index (χ4v) is 4.53. The van der Waals surface area contributed by atoms with Gasteiger partial charge in [-0.25, -0.2) is 0 Å². The van der Waals surface area contributed by atoms with Crippen molar-refractivity contribution < 1.29 is 9.84 Å². The summed E-state index contributed by atoms with van der Waals surface area (Å²) >= 11 is 0. The number of nitrogens with zero attached hydrogens (tertiary/aromatic N) is 1. The summed E-state index contributed by atoms with van der Waals surface area (Å²) in [4.78, 5) is 2.61. The standard InChI is InChI=1S/C27H39NO2/c1-26(2,3)22-17-20(18-23(25(22)29)27(4,5)6)24(28-15-9-8-10-16-28)19-11-13-21(30-7)14-12-19/h11-14,17-18,24,29H,8-10,15-16H2,1-7H3. The highest BCUT2D eigenvalue weighted by atomic mass is 16.5. The van der Waals surface area contributed by atoms with E-state index in [4.69, 9.17) is 4.74 Å². The molecule has 0 spiro atoms. The largest absolute Gasteiger partial charge is 0.507 e. The Labute approximate surface area is 183 Å². The van der Waals surface area contributed by atoms with Gasteiger partial charge in [-0.05, 0) is 83.3 Å². The number of piperidine rings is 1. The minimum atomic E-state index is -0.132. The van der Waals surface area contributed by atoms with Gasteiger partial charge in [0.2, 0.25) is 0 Å². The predicted octanol–water partition coefficient (Wildman–Crippen LogP) is 6.57. The van der Waals surface area contributed by atoms with Gasteiger partial charge in [0.25, 0.3) is 0 Å². The molecule has 3 heteroatoms. The van der Waals surface area contributed by atoms with Crippen molar-refractivity contribution in [1.82, 2.24) is 4.90 Å². The third-order valence-corrected chi connectivity index (χ3v) is 6.25. The first-order chi connectivity index (χ1) is 14.0. The van der Waals surface area contributed by atoms with Crippen LogP contribution < -0.4 is 4.74 Å². The molecular weight excluding hydrogens is 370 g/mol. The van der Waals surface area contributed by atoms with Crippen molar-refractivity contribution in [2.24, 2.45) is 0 Å². The zero-order valence-corrected chi connectivity index (χ0v) is 19.9. The van der Waals surface area contributed by atoms with Crippen molar-refractivity contribution in [2.45, 2.75) is 77.7 Å². The molecule has 1 saturated heterocycles. The minimum absolute atomic E-state index is 0.132. The highest BCUT2D eigenvalue weighted by Crippen LogP contribution is 2.43. The van der Waals surface area contributed by atoms with Crippen LogP contribution in [0.4, 0.5) is 0 Å². The predicted molar refractivity (Wildman–Crippen MR) is 126 cm³/mol. The number of ether oxygens (including phenoxy) is 1. The second kappa shape index (κ2) is 8.63. The molecule has 1 aliphatic rings. The summed E-state index contributed by atoms with van der Waals surface area (Å²) in [7, 11) is 1.71. The smallest absolute Gasteiger partial charge is 0.123 e. The number of hydrogen-bond donors (Lipinski definition) is 1. The average molecular weight is 410 g/mol. The molecule has 2 aromatic rings. The van der Waals surface area contributed by atoms with Gasteiger partial charge in [-0.1, -0.05) is 60.1 Å². The van der Waals surface area contributed by atoms with Crippen molar-refractivity contribution in [2.75, 3.05) is 20.2 Å². The molecule has 0 radical (unpaired) electrons. The number of likely N-dealkylation sites (tertiary alicyclic amines) is 1. The van der Waals surface area contributed by atoms with Crippen LogP contribution in [0.1, 0.15) is 89.1 Å². The first kappa shape index (κ1) is 22.7. The highest BCUT2D eigenvalue weighted by molar-refractivity contribution is 5.52.